The molecule has 2 aliphatic carbocycles. The van der Waals surface area contributed by atoms with Crippen molar-refractivity contribution in [3.63, 3.8) is 0 Å². The van der Waals surface area contributed by atoms with Gasteiger partial charge < -0.3 is 0 Å². The van der Waals surface area contributed by atoms with Gasteiger partial charge in [-0.25, -0.2) is 0 Å². The lowest BCUT2D eigenvalue weighted by molar-refractivity contribution is 0.365. The van der Waals surface area contributed by atoms with E-state index in [1.54, 1.807) is 0 Å². The average molecular weight is 162 g/mol. The van der Waals surface area contributed by atoms with Gasteiger partial charge in [0.05, 0.1) is 0 Å². The fraction of sp³-hybridized carbons (Fsp3) is 0.667. The summed E-state index contributed by atoms with van der Waals surface area (Å²) in [5, 5.41) is 0. The van der Waals surface area contributed by atoms with Crippen molar-refractivity contribution in [3.8, 4) is 0 Å². The number of hydrogen-bond donors (Lipinski definition) is 0. The Balaban J connectivity index is 2.15. The molecular formula is C12H18. The molecule has 2 aliphatic rings. The molecule has 0 aromatic heterocycles. The van der Waals surface area contributed by atoms with Crippen LogP contribution in [0.4, 0.5) is 0 Å². The van der Waals surface area contributed by atoms with Gasteiger partial charge in [-0.3, -0.25) is 0 Å². The molecule has 12 heavy (non-hydrogen) atoms. The second-order valence-electron chi connectivity index (χ2n) is 4.27. The van der Waals surface area contributed by atoms with Gasteiger partial charge in [0.15, 0.2) is 0 Å². The highest BCUT2D eigenvalue weighted by Crippen LogP contribution is 2.45. The zero-order chi connectivity index (χ0) is 8.55. The SMILES string of the molecule is CCC1CC2C=CC=CC2C1C. The molecular weight excluding hydrogens is 144 g/mol. The Bertz CT molecular complexity index is 212. The van der Waals surface area contributed by atoms with E-state index in [-0.39, 0.29) is 0 Å². The van der Waals surface area contributed by atoms with Crippen molar-refractivity contribution < 1.29 is 0 Å². The fourth-order valence-corrected chi connectivity index (χ4v) is 2.89. The Morgan fingerprint density at radius 2 is 2.00 bits per heavy atom. The van der Waals surface area contributed by atoms with Crippen molar-refractivity contribution in [2.24, 2.45) is 23.7 Å². The summed E-state index contributed by atoms with van der Waals surface area (Å²) >= 11 is 0. The fourth-order valence-electron chi connectivity index (χ4n) is 2.89. The summed E-state index contributed by atoms with van der Waals surface area (Å²) in [7, 11) is 0. The molecule has 0 heterocycles. The van der Waals surface area contributed by atoms with E-state index in [0.29, 0.717) is 0 Å². The summed E-state index contributed by atoms with van der Waals surface area (Å²) in [4.78, 5) is 0. The Morgan fingerprint density at radius 1 is 1.25 bits per heavy atom. The maximum absolute atomic E-state index is 2.42. The molecule has 0 N–H and O–H groups in total. The van der Waals surface area contributed by atoms with Crippen molar-refractivity contribution in [2.75, 3.05) is 0 Å². The summed E-state index contributed by atoms with van der Waals surface area (Å²) in [5.41, 5.74) is 0. The summed E-state index contributed by atoms with van der Waals surface area (Å²) in [6.07, 6.45) is 12.0. The van der Waals surface area contributed by atoms with Crippen molar-refractivity contribution in [2.45, 2.75) is 26.7 Å². The molecule has 0 radical (unpaired) electrons. The highest BCUT2D eigenvalue weighted by molar-refractivity contribution is 5.17. The first-order chi connectivity index (χ1) is 5.83. The zero-order valence-electron chi connectivity index (χ0n) is 8.03. The number of fused-ring (bicyclic) bond motifs is 1. The summed E-state index contributed by atoms with van der Waals surface area (Å²) < 4.78 is 0. The van der Waals surface area contributed by atoms with E-state index < -0.39 is 0 Å². The predicted octanol–water partition coefficient (Wildman–Crippen LogP) is 3.41. The zero-order valence-corrected chi connectivity index (χ0v) is 8.03. The molecule has 1 saturated carbocycles. The molecule has 0 bridgehead atoms. The molecule has 0 heteroatoms. The van der Waals surface area contributed by atoms with Crippen LogP contribution >= 0.6 is 0 Å². The van der Waals surface area contributed by atoms with Gasteiger partial charge in [-0.15, -0.1) is 0 Å². The van der Waals surface area contributed by atoms with Crippen LogP contribution in [0.3, 0.4) is 0 Å². The molecule has 0 saturated heterocycles. The lowest BCUT2D eigenvalue weighted by Crippen LogP contribution is -2.12. The Kier molecular flexibility index (Phi) is 2.08. The minimum absolute atomic E-state index is 0.847. The standard InChI is InChI=1S/C12H18/c1-3-10-8-11-6-4-5-7-12(11)9(10)2/h4-7,9-12H,3,8H2,1-2H3. The molecule has 0 aromatic rings. The van der Waals surface area contributed by atoms with Gasteiger partial charge in [0.2, 0.25) is 0 Å². The number of rotatable bonds is 1. The molecule has 0 spiro atoms. The normalized spacial score (nSPS) is 44.8. The number of hydrogen-bond acceptors (Lipinski definition) is 0. The summed E-state index contributed by atoms with van der Waals surface area (Å²) in [5.74, 6) is 3.57. The quantitative estimate of drug-likeness (QED) is 0.554. The third kappa shape index (κ3) is 1.14. The maximum Gasteiger partial charge on any atom is -0.0139 e. The number of allylic oxidation sites excluding steroid dienone is 4. The second-order valence-corrected chi connectivity index (χ2v) is 4.27. The Hall–Kier alpha value is -0.520. The van der Waals surface area contributed by atoms with Crippen molar-refractivity contribution in [1.29, 1.82) is 0 Å². The first kappa shape index (κ1) is 8.10. The lowest BCUT2D eigenvalue weighted by atomic mass is 9.85. The van der Waals surface area contributed by atoms with E-state index in [4.69, 9.17) is 0 Å². The lowest BCUT2D eigenvalue weighted by Gasteiger charge is -2.19. The smallest absolute Gasteiger partial charge is 0.0139 e. The molecule has 1 fully saturated rings. The largest absolute Gasteiger partial charge is 0.0808 e. The van der Waals surface area contributed by atoms with Gasteiger partial charge in [0, 0.05) is 0 Å². The van der Waals surface area contributed by atoms with Gasteiger partial charge in [0.25, 0.3) is 0 Å². The Morgan fingerprint density at radius 3 is 2.67 bits per heavy atom. The molecule has 2 rings (SSSR count). The van der Waals surface area contributed by atoms with E-state index in [1.807, 2.05) is 0 Å². The minimum atomic E-state index is 0.847. The van der Waals surface area contributed by atoms with E-state index in [2.05, 4.69) is 38.2 Å². The van der Waals surface area contributed by atoms with Gasteiger partial charge in [-0.05, 0) is 30.1 Å². The van der Waals surface area contributed by atoms with Crippen LogP contribution in [0.2, 0.25) is 0 Å². The Labute approximate surface area is 75.4 Å². The van der Waals surface area contributed by atoms with Crippen LogP contribution in [0.5, 0.6) is 0 Å². The molecule has 0 aromatic carbocycles. The van der Waals surface area contributed by atoms with Crippen molar-refractivity contribution in [1.82, 2.24) is 0 Å². The first-order valence-electron chi connectivity index (χ1n) is 5.18. The van der Waals surface area contributed by atoms with Crippen LogP contribution in [0.25, 0.3) is 0 Å². The third-order valence-corrected chi connectivity index (χ3v) is 3.75. The highest BCUT2D eigenvalue weighted by atomic mass is 14.4. The molecule has 0 aliphatic heterocycles. The highest BCUT2D eigenvalue weighted by Gasteiger charge is 2.37. The van der Waals surface area contributed by atoms with Crippen LogP contribution in [0.15, 0.2) is 24.3 Å². The van der Waals surface area contributed by atoms with E-state index >= 15 is 0 Å². The van der Waals surface area contributed by atoms with E-state index in [1.165, 1.54) is 12.8 Å². The van der Waals surface area contributed by atoms with Crippen LogP contribution in [0.1, 0.15) is 26.7 Å². The van der Waals surface area contributed by atoms with Crippen LogP contribution in [-0.2, 0) is 0 Å². The maximum atomic E-state index is 2.42. The van der Waals surface area contributed by atoms with Gasteiger partial charge >= 0.3 is 0 Å². The molecule has 66 valence electrons. The van der Waals surface area contributed by atoms with Gasteiger partial charge in [-0.1, -0.05) is 44.6 Å². The minimum Gasteiger partial charge on any atom is -0.0808 e. The van der Waals surface area contributed by atoms with E-state index in [9.17, 15) is 0 Å². The molecule has 0 amide bonds. The third-order valence-electron chi connectivity index (χ3n) is 3.75. The molecule has 0 nitrogen and oxygen atoms in total. The van der Waals surface area contributed by atoms with E-state index in [0.717, 1.165) is 23.7 Å². The topological polar surface area (TPSA) is 0 Å². The monoisotopic (exact) mass is 162 g/mol. The van der Waals surface area contributed by atoms with Crippen molar-refractivity contribution >= 4 is 0 Å². The molecule has 4 atom stereocenters. The van der Waals surface area contributed by atoms with Crippen molar-refractivity contribution in [3.05, 3.63) is 24.3 Å². The average Bonchev–Trinajstić information content (AvgIpc) is 2.44. The van der Waals surface area contributed by atoms with Gasteiger partial charge in [-0.2, -0.15) is 0 Å². The second kappa shape index (κ2) is 3.08. The van der Waals surface area contributed by atoms with Gasteiger partial charge in [0.1, 0.15) is 0 Å². The summed E-state index contributed by atoms with van der Waals surface area (Å²) in [6.45, 7) is 4.74. The predicted molar refractivity (Wildman–Crippen MR) is 52.8 cm³/mol. The van der Waals surface area contributed by atoms with Crippen LogP contribution in [-0.4, -0.2) is 0 Å². The molecule has 4 unspecified atom stereocenters. The summed E-state index contributed by atoms with van der Waals surface area (Å²) in [6, 6.07) is 0. The van der Waals surface area contributed by atoms with Crippen LogP contribution in [0, 0.1) is 23.7 Å². The first-order valence-corrected chi connectivity index (χ1v) is 5.18. The van der Waals surface area contributed by atoms with Crippen LogP contribution < -0.4 is 0 Å².